The van der Waals surface area contributed by atoms with Gasteiger partial charge in [-0.2, -0.15) is 5.26 Å². The van der Waals surface area contributed by atoms with Gasteiger partial charge in [-0.3, -0.25) is 14.7 Å². The van der Waals surface area contributed by atoms with Gasteiger partial charge in [0.05, 0.1) is 22.3 Å². The van der Waals surface area contributed by atoms with E-state index in [0.29, 0.717) is 30.9 Å². The molecule has 13 heteroatoms. The summed E-state index contributed by atoms with van der Waals surface area (Å²) in [5.41, 5.74) is 4.22. The average molecular weight is 689 g/mol. The van der Waals surface area contributed by atoms with E-state index in [1.807, 2.05) is 65.6 Å². The third-order valence-electron chi connectivity index (χ3n) is 8.81. The molecule has 1 fully saturated rings. The fraction of sp³-hybridized carbons (Fsp3) is 0.243. The minimum atomic E-state index is -3.51. The third kappa shape index (κ3) is 7.88. The number of aryl methyl sites for hydroxylation is 1. The zero-order valence-corrected chi connectivity index (χ0v) is 28.5. The predicted molar refractivity (Wildman–Crippen MR) is 191 cm³/mol. The van der Waals surface area contributed by atoms with Gasteiger partial charge in [0.1, 0.15) is 6.07 Å². The molecular formula is C37H36N8O4S. The van der Waals surface area contributed by atoms with E-state index in [9.17, 15) is 23.3 Å². The Kier molecular flexibility index (Phi) is 10.0. The molecule has 2 amide bonds. The summed E-state index contributed by atoms with van der Waals surface area (Å²) in [5, 5.41) is 16.2. The summed E-state index contributed by atoms with van der Waals surface area (Å²) < 4.78 is 25.7. The van der Waals surface area contributed by atoms with Crippen molar-refractivity contribution in [2.75, 3.05) is 16.5 Å². The molecule has 2 N–H and O–H groups in total. The van der Waals surface area contributed by atoms with E-state index in [0.717, 1.165) is 41.5 Å². The maximum atomic E-state index is 13.8. The molecule has 3 heterocycles. The van der Waals surface area contributed by atoms with Crippen molar-refractivity contribution in [2.24, 2.45) is 7.05 Å². The number of benzene rings is 2. The molecule has 254 valence electrons. The second kappa shape index (κ2) is 14.7. The molecule has 0 atom stereocenters. The standard InChI is InChI=1S/C37H36N8O4S/c1-44-17-16-27(19-34(44)46)26-8-12-31(13-9-26)45(37(47)41-21-25-6-4-3-5-7-25)32-14-10-30(11-15-32)42-36-40-23-29(20-38)35(43-36)28-18-33(24-39-22-28)50(2,48)49/h3-9,12-13,16-19,22-24,30,32H,10-11,14-15,21H2,1-2H3,(H,41,47)(H,40,42,43). The van der Waals surface area contributed by atoms with Crippen molar-refractivity contribution in [1.82, 2.24) is 24.8 Å². The van der Waals surface area contributed by atoms with Crippen molar-refractivity contribution in [2.45, 2.75) is 49.2 Å². The minimum Gasteiger partial charge on any atom is -0.351 e. The SMILES string of the molecule is Cn1ccc(-c2ccc(N(C(=O)NCc3ccccc3)C3CCC(Nc4ncc(C#N)c(-c5cncc(S(C)(=O)=O)c5)n4)CC3)cc2)cc1=O. The molecule has 0 spiro atoms. The first-order valence-electron chi connectivity index (χ1n) is 16.2. The van der Waals surface area contributed by atoms with Gasteiger partial charge in [-0.1, -0.05) is 42.5 Å². The number of nitrogens with zero attached hydrogens (tertiary/aromatic N) is 6. The molecule has 50 heavy (non-hydrogen) atoms. The number of amides is 2. The molecule has 12 nitrogen and oxygen atoms in total. The summed E-state index contributed by atoms with van der Waals surface area (Å²) in [6.07, 6.45) is 9.84. The molecule has 5 aromatic rings. The lowest BCUT2D eigenvalue weighted by Crippen LogP contribution is -2.48. The van der Waals surface area contributed by atoms with E-state index >= 15 is 0 Å². The van der Waals surface area contributed by atoms with Crippen LogP contribution in [-0.2, 0) is 23.4 Å². The smallest absolute Gasteiger partial charge is 0.322 e. The lowest BCUT2D eigenvalue weighted by Gasteiger charge is -2.37. The quantitative estimate of drug-likeness (QED) is 0.209. The molecule has 2 aromatic carbocycles. The number of aromatic nitrogens is 4. The Bertz CT molecular complexity index is 2210. The van der Waals surface area contributed by atoms with Crippen molar-refractivity contribution < 1.29 is 13.2 Å². The largest absolute Gasteiger partial charge is 0.351 e. The Morgan fingerprint density at radius 3 is 2.38 bits per heavy atom. The summed E-state index contributed by atoms with van der Waals surface area (Å²) in [7, 11) is -1.80. The Morgan fingerprint density at radius 1 is 0.960 bits per heavy atom. The Hall–Kier alpha value is -5.87. The van der Waals surface area contributed by atoms with Crippen molar-refractivity contribution >= 4 is 27.5 Å². The van der Waals surface area contributed by atoms with Gasteiger partial charge in [0.2, 0.25) is 5.95 Å². The van der Waals surface area contributed by atoms with Gasteiger partial charge < -0.3 is 15.2 Å². The van der Waals surface area contributed by atoms with Gasteiger partial charge in [-0.05, 0) is 66.6 Å². The van der Waals surface area contributed by atoms with Gasteiger partial charge in [0.25, 0.3) is 5.56 Å². The number of carbonyl (C=O) groups is 1. The Balaban J connectivity index is 1.19. The number of nitrogens with one attached hydrogen (secondary N) is 2. The van der Waals surface area contributed by atoms with Gasteiger partial charge in [0, 0.05) is 67.8 Å². The number of rotatable bonds is 9. The minimum absolute atomic E-state index is 0.00446. The van der Waals surface area contributed by atoms with Gasteiger partial charge in [0.15, 0.2) is 9.84 Å². The number of hydrogen-bond acceptors (Lipinski definition) is 9. The first-order valence-corrected chi connectivity index (χ1v) is 18.1. The number of urea groups is 1. The lowest BCUT2D eigenvalue weighted by molar-refractivity contribution is 0.240. The number of sulfone groups is 1. The van der Waals surface area contributed by atoms with E-state index in [1.165, 1.54) is 29.2 Å². The van der Waals surface area contributed by atoms with Crippen LogP contribution >= 0.6 is 0 Å². The predicted octanol–water partition coefficient (Wildman–Crippen LogP) is 5.32. The summed E-state index contributed by atoms with van der Waals surface area (Å²) in [4.78, 5) is 40.9. The molecule has 0 unspecified atom stereocenters. The topological polar surface area (TPSA) is 163 Å². The van der Waals surface area contributed by atoms with Crippen LogP contribution in [0.5, 0.6) is 0 Å². The average Bonchev–Trinajstić information content (AvgIpc) is 3.13. The first kappa shape index (κ1) is 34.0. The Morgan fingerprint density at radius 2 is 1.70 bits per heavy atom. The van der Waals surface area contributed by atoms with Crippen LogP contribution in [0.15, 0.2) is 107 Å². The fourth-order valence-corrected chi connectivity index (χ4v) is 6.65. The van der Waals surface area contributed by atoms with E-state index in [1.54, 1.807) is 19.3 Å². The van der Waals surface area contributed by atoms with Crippen LogP contribution in [0, 0.1) is 11.3 Å². The summed E-state index contributed by atoms with van der Waals surface area (Å²) in [6.45, 7) is 0.388. The van der Waals surface area contributed by atoms with Crippen molar-refractivity contribution in [3.63, 3.8) is 0 Å². The van der Waals surface area contributed by atoms with Crippen molar-refractivity contribution in [3.8, 4) is 28.5 Å². The van der Waals surface area contributed by atoms with Crippen molar-refractivity contribution in [1.29, 1.82) is 5.26 Å². The highest BCUT2D eigenvalue weighted by Crippen LogP contribution is 2.31. The maximum Gasteiger partial charge on any atom is 0.322 e. The molecule has 1 saturated carbocycles. The zero-order valence-electron chi connectivity index (χ0n) is 27.7. The van der Waals surface area contributed by atoms with E-state index in [-0.39, 0.29) is 39.8 Å². The van der Waals surface area contributed by atoms with Crippen LogP contribution in [0.2, 0.25) is 0 Å². The highest BCUT2D eigenvalue weighted by molar-refractivity contribution is 7.90. The molecule has 3 aromatic heterocycles. The van der Waals surface area contributed by atoms with Crippen molar-refractivity contribution in [3.05, 3.63) is 119 Å². The monoisotopic (exact) mass is 688 g/mol. The van der Waals surface area contributed by atoms with Gasteiger partial charge >= 0.3 is 6.03 Å². The highest BCUT2D eigenvalue weighted by Gasteiger charge is 2.30. The molecule has 0 aliphatic heterocycles. The third-order valence-corrected chi connectivity index (χ3v) is 9.89. The van der Waals surface area contributed by atoms with Crippen LogP contribution in [-0.4, -0.2) is 52.3 Å². The van der Waals surface area contributed by atoms with Gasteiger partial charge in [-0.25, -0.2) is 23.2 Å². The molecule has 0 saturated heterocycles. The Labute approximate surface area is 290 Å². The number of nitriles is 1. The molecular weight excluding hydrogens is 653 g/mol. The van der Waals surface area contributed by atoms with E-state index in [4.69, 9.17) is 0 Å². The van der Waals surface area contributed by atoms with E-state index in [2.05, 4.69) is 31.7 Å². The second-order valence-corrected chi connectivity index (χ2v) is 14.3. The lowest BCUT2D eigenvalue weighted by atomic mass is 9.90. The molecule has 0 radical (unpaired) electrons. The van der Waals surface area contributed by atoms with Crippen LogP contribution in [0.1, 0.15) is 36.8 Å². The normalized spacial score (nSPS) is 15.9. The number of anilines is 2. The molecule has 0 bridgehead atoms. The molecule has 6 rings (SSSR count). The van der Waals surface area contributed by atoms with Crippen LogP contribution in [0.3, 0.4) is 0 Å². The number of carbonyl (C=O) groups excluding carboxylic acids is 1. The summed E-state index contributed by atoms with van der Waals surface area (Å²) in [5.74, 6) is 0.316. The fourth-order valence-electron chi connectivity index (χ4n) is 6.06. The van der Waals surface area contributed by atoms with Crippen LogP contribution < -0.4 is 21.1 Å². The first-order chi connectivity index (χ1) is 24.1. The summed E-state index contributed by atoms with van der Waals surface area (Å²) in [6, 6.07) is 24.2. The molecule has 1 aliphatic rings. The van der Waals surface area contributed by atoms with Crippen LogP contribution in [0.4, 0.5) is 16.4 Å². The zero-order chi connectivity index (χ0) is 35.3. The number of pyridine rings is 2. The second-order valence-electron chi connectivity index (χ2n) is 12.3. The highest BCUT2D eigenvalue weighted by atomic mass is 32.2. The number of hydrogen-bond donors (Lipinski definition) is 2. The van der Waals surface area contributed by atoms with E-state index < -0.39 is 9.84 Å². The molecule has 1 aliphatic carbocycles. The maximum absolute atomic E-state index is 13.8. The summed E-state index contributed by atoms with van der Waals surface area (Å²) >= 11 is 0. The van der Waals surface area contributed by atoms with Crippen LogP contribution in [0.25, 0.3) is 22.4 Å². The van der Waals surface area contributed by atoms with Gasteiger partial charge in [-0.15, -0.1) is 0 Å².